The van der Waals surface area contributed by atoms with Crippen molar-refractivity contribution in [1.29, 1.82) is 0 Å². The molecule has 2 aromatic rings. The molecule has 0 fully saturated rings. The number of carbonyl (C=O) groups is 1. The Hall–Kier alpha value is -1.84. The van der Waals surface area contributed by atoms with Crippen LogP contribution in [0.2, 0.25) is 0 Å². The summed E-state index contributed by atoms with van der Waals surface area (Å²) in [6, 6.07) is 5.89. The Kier molecular flexibility index (Phi) is 1.96. The normalized spacial score (nSPS) is 10.6. The summed E-state index contributed by atoms with van der Waals surface area (Å²) in [6.07, 6.45) is 3.84. The number of hydrogen-bond acceptors (Lipinski definition) is 1. The van der Waals surface area contributed by atoms with E-state index >= 15 is 0 Å². The van der Waals surface area contributed by atoms with Gasteiger partial charge in [-0.15, -0.1) is 0 Å². The van der Waals surface area contributed by atoms with Gasteiger partial charge in [0, 0.05) is 18.3 Å². The molecule has 2 aromatic heterocycles. The number of hydrogen-bond donors (Lipinski definition) is 1. The molecule has 0 saturated heterocycles. The number of aromatic nitrogens is 2. The van der Waals surface area contributed by atoms with E-state index in [9.17, 15) is 4.79 Å². The average molecular weight is 190 g/mol. The molecule has 0 atom stereocenters. The monoisotopic (exact) mass is 190 g/mol. The van der Waals surface area contributed by atoms with Crippen molar-refractivity contribution in [3.05, 3.63) is 30.6 Å². The van der Waals surface area contributed by atoms with Crippen LogP contribution in [-0.4, -0.2) is 10.5 Å². The second-order valence-corrected chi connectivity index (χ2v) is 3.30. The number of carbonyl (C=O) groups excluding carboxylic acids is 1. The van der Waals surface area contributed by atoms with Gasteiger partial charge in [0.15, 0.2) is 6.20 Å². The maximum Gasteiger partial charge on any atom is 0.237 e. The molecule has 0 radical (unpaired) electrons. The fourth-order valence-corrected chi connectivity index (χ4v) is 1.60. The smallest absolute Gasteiger partial charge is 0.237 e. The van der Waals surface area contributed by atoms with Crippen molar-refractivity contribution in [2.24, 2.45) is 12.8 Å². The Labute approximate surface area is 81.6 Å². The first kappa shape index (κ1) is 8.74. The van der Waals surface area contributed by atoms with E-state index in [-0.39, 0.29) is 12.5 Å². The van der Waals surface area contributed by atoms with E-state index in [0.29, 0.717) is 0 Å². The fourth-order valence-electron chi connectivity index (χ4n) is 1.60. The van der Waals surface area contributed by atoms with Crippen LogP contribution in [0.4, 0.5) is 0 Å². The Bertz CT molecular complexity index is 487. The molecule has 4 heteroatoms. The van der Waals surface area contributed by atoms with Crippen molar-refractivity contribution in [3.8, 4) is 0 Å². The predicted octanol–water partition coefficient (Wildman–Crippen LogP) is -0.0489. The Morgan fingerprint density at radius 1 is 1.57 bits per heavy atom. The molecule has 2 heterocycles. The second-order valence-electron chi connectivity index (χ2n) is 3.30. The molecule has 2 N–H and O–H groups in total. The Balaban J connectivity index is 2.58. The van der Waals surface area contributed by atoms with Gasteiger partial charge in [-0.2, -0.15) is 4.57 Å². The summed E-state index contributed by atoms with van der Waals surface area (Å²) < 4.78 is 3.85. The van der Waals surface area contributed by atoms with Crippen LogP contribution in [0.5, 0.6) is 0 Å². The summed E-state index contributed by atoms with van der Waals surface area (Å²) in [7, 11) is 1.97. The van der Waals surface area contributed by atoms with E-state index in [1.165, 1.54) is 0 Å². The minimum Gasteiger partial charge on any atom is -0.368 e. The Morgan fingerprint density at radius 2 is 2.36 bits per heavy atom. The van der Waals surface area contributed by atoms with Gasteiger partial charge in [-0.25, -0.2) is 0 Å². The third kappa shape index (κ3) is 1.35. The molecule has 1 amide bonds. The molecule has 0 aliphatic heterocycles. The number of nitrogens with zero attached hydrogens (tertiary/aromatic N) is 2. The molecule has 14 heavy (non-hydrogen) atoms. The molecule has 0 saturated carbocycles. The van der Waals surface area contributed by atoms with Crippen LogP contribution in [0, 0.1) is 0 Å². The number of primary amides is 1. The zero-order valence-corrected chi connectivity index (χ0v) is 7.97. The standard InChI is InChI=1S/C10H11N3O/c1-12-5-2-3-9-8(12)4-6-13(9)7-10(11)14/h2-6H,7H2,1H3,(H-,11,14)/p+1. The van der Waals surface area contributed by atoms with E-state index < -0.39 is 0 Å². The number of amides is 1. The zero-order valence-electron chi connectivity index (χ0n) is 7.97. The Morgan fingerprint density at radius 3 is 3.07 bits per heavy atom. The van der Waals surface area contributed by atoms with E-state index in [1.54, 1.807) is 0 Å². The van der Waals surface area contributed by atoms with Gasteiger partial charge in [-0.3, -0.25) is 4.79 Å². The lowest BCUT2D eigenvalue weighted by Crippen LogP contribution is -2.27. The predicted molar refractivity (Wildman–Crippen MR) is 52.3 cm³/mol. The highest BCUT2D eigenvalue weighted by Gasteiger charge is 2.09. The molecule has 2 rings (SSSR count). The maximum absolute atomic E-state index is 10.8. The van der Waals surface area contributed by atoms with Gasteiger partial charge >= 0.3 is 0 Å². The average Bonchev–Trinajstić information content (AvgIpc) is 2.49. The number of rotatable bonds is 2. The molecule has 0 aliphatic carbocycles. The van der Waals surface area contributed by atoms with Crippen LogP contribution < -0.4 is 10.3 Å². The largest absolute Gasteiger partial charge is 0.368 e. The highest BCUT2D eigenvalue weighted by atomic mass is 16.1. The molecule has 72 valence electrons. The number of aryl methyl sites for hydroxylation is 1. The summed E-state index contributed by atoms with van der Waals surface area (Å²) in [5.74, 6) is -0.325. The highest BCUT2D eigenvalue weighted by Crippen LogP contribution is 2.10. The number of fused-ring (bicyclic) bond motifs is 1. The van der Waals surface area contributed by atoms with Crippen molar-refractivity contribution in [1.82, 2.24) is 4.57 Å². The van der Waals surface area contributed by atoms with Gasteiger partial charge in [0.25, 0.3) is 0 Å². The third-order valence-corrected chi connectivity index (χ3v) is 2.25. The number of pyridine rings is 1. The maximum atomic E-state index is 10.8. The lowest BCUT2D eigenvalue weighted by molar-refractivity contribution is -0.644. The number of nitrogens with two attached hydrogens (primary N) is 1. The van der Waals surface area contributed by atoms with Crippen molar-refractivity contribution in [2.75, 3.05) is 0 Å². The van der Waals surface area contributed by atoms with Gasteiger partial charge < -0.3 is 10.3 Å². The summed E-state index contributed by atoms with van der Waals surface area (Å²) in [5, 5.41) is 0. The first-order chi connectivity index (χ1) is 6.68. The summed E-state index contributed by atoms with van der Waals surface area (Å²) >= 11 is 0. The van der Waals surface area contributed by atoms with Crippen molar-refractivity contribution < 1.29 is 9.36 Å². The van der Waals surface area contributed by atoms with Crippen LogP contribution in [0.1, 0.15) is 0 Å². The van der Waals surface area contributed by atoms with Gasteiger partial charge in [-0.1, -0.05) is 0 Å². The zero-order chi connectivity index (χ0) is 10.1. The van der Waals surface area contributed by atoms with Gasteiger partial charge in [0.05, 0.1) is 0 Å². The summed E-state index contributed by atoms with van der Waals surface area (Å²) in [4.78, 5) is 10.8. The van der Waals surface area contributed by atoms with Crippen LogP contribution in [0.3, 0.4) is 0 Å². The first-order valence-corrected chi connectivity index (χ1v) is 4.40. The van der Waals surface area contributed by atoms with Crippen molar-refractivity contribution in [2.45, 2.75) is 6.54 Å². The van der Waals surface area contributed by atoms with E-state index in [0.717, 1.165) is 11.0 Å². The van der Waals surface area contributed by atoms with E-state index in [1.807, 2.05) is 46.8 Å². The van der Waals surface area contributed by atoms with Crippen LogP contribution in [-0.2, 0) is 18.4 Å². The molecule has 0 bridgehead atoms. The van der Waals surface area contributed by atoms with E-state index in [4.69, 9.17) is 5.73 Å². The van der Waals surface area contributed by atoms with Gasteiger partial charge in [0.1, 0.15) is 19.1 Å². The third-order valence-electron chi connectivity index (χ3n) is 2.25. The quantitative estimate of drug-likeness (QED) is 0.663. The minimum atomic E-state index is -0.325. The minimum absolute atomic E-state index is 0.230. The first-order valence-electron chi connectivity index (χ1n) is 4.40. The summed E-state index contributed by atoms with van der Waals surface area (Å²) in [5.41, 5.74) is 7.26. The lowest BCUT2D eigenvalue weighted by atomic mass is 10.4. The molecule has 0 spiro atoms. The molecular formula is C10H12N3O+. The van der Waals surface area contributed by atoms with Crippen LogP contribution in [0.25, 0.3) is 11.0 Å². The topological polar surface area (TPSA) is 51.9 Å². The van der Waals surface area contributed by atoms with Crippen LogP contribution >= 0.6 is 0 Å². The molecule has 0 unspecified atom stereocenters. The molecule has 0 aromatic carbocycles. The van der Waals surface area contributed by atoms with Crippen molar-refractivity contribution in [3.63, 3.8) is 0 Å². The fraction of sp³-hybridized carbons (Fsp3) is 0.200. The molecule has 4 nitrogen and oxygen atoms in total. The second kappa shape index (κ2) is 3.14. The van der Waals surface area contributed by atoms with Crippen molar-refractivity contribution >= 4 is 16.9 Å². The SMILES string of the molecule is C[n+]1cccc2c1ccn2CC(N)=O. The van der Waals surface area contributed by atoms with Gasteiger partial charge in [0.2, 0.25) is 11.4 Å². The highest BCUT2D eigenvalue weighted by molar-refractivity contribution is 5.78. The van der Waals surface area contributed by atoms with Gasteiger partial charge in [-0.05, 0) is 6.07 Å². The molecule has 0 aliphatic rings. The lowest BCUT2D eigenvalue weighted by Gasteiger charge is -1.99. The molecular weight excluding hydrogens is 178 g/mol. The summed E-state index contributed by atoms with van der Waals surface area (Å²) in [6.45, 7) is 0.230. The van der Waals surface area contributed by atoms with Crippen LogP contribution in [0.15, 0.2) is 30.6 Å². The van der Waals surface area contributed by atoms with E-state index in [2.05, 4.69) is 0 Å².